The highest BCUT2D eigenvalue weighted by molar-refractivity contribution is 8.26. The minimum Gasteiger partial charge on any atom is -0.493 e. The van der Waals surface area contributed by atoms with E-state index in [4.69, 9.17) is 21.7 Å². The first-order valence-electron chi connectivity index (χ1n) is 11.4. The predicted octanol–water partition coefficient (Wildman–Crippen LogP) is 5.97. The first-order chi connectivity index (χ1) is 18.0. The van der Waals surface area contributed by atoms with Gasteiger partial charge in [-0.05, 0) is 64.5 Å². The Morgan fingerprint density at radius 1 is 0.973 bits per heavy atom. The quantitative estimate of drug-likeness (QED) is 0.236. The molecule has 1 fully saturated rings. The molecule has 4 aromatic carbocycles. The zero-order valence-electron chi connectivity index (χ0n) is 19.8. The molecule has 0 aromatic heterocycles. The number of carbonyl (C=O) groups excluding carboxylic acids is 2. The molecule has 6 nitrogen and oxygen atoms in total. The zero-order valence-corrected chi connectivity index (χ0v) is 21.5. The molecule has 0 atom stereocenters. The van der Waals surface area contributed by atoms with Crippen LogP contribution in [-0.2, 0) is 11.4 Å². The largest absolute Gasteiger partial charge is 0.493 e. The summed E-state index contributed by atoms with van der Waals surface area (Å²) in [5, 5.41) is 3.39. The van der Waals surface area contributed by atoms with Crippen molar-refractivity contribution in [1.29, 1.82) is 0 Å². The van der Waals surface area contributed by atoms with Crippen LogP contribution in [0, 0.1) is 0 Å². The van der Waals surface area contributed by atoms with Crippen molar-refractivity contribution < 1.29 is 19.1 Å². The SMILES string of the molecule is COc1cc(/C=C2/SC(=S)N(NC(=O)c3ccccc3)C2=O)ccc1OCc1cccc2ccccc12. The zero-order chi connectivity index (χ0) is 25.8. The molecule has 0 saturated carbocycles. The molecule has 0 radical (unpaired) electrons. The number of nitrogens with zero attached hydrogens (tertiary/aromatic N) is 1. The Morgan fingerprint density at radius 2 is 1.73 bits per heavy atom. The maximum absolute atomic E-state index is 13.0. The molecule has 1 N–H and O–H groups in total. The lowest BCUT2D eigenvalue weighted by molar-refractivity contribution is -0.123. The number of ether oxygens (including phenoxy) is 2. The third-order valence-electron chi connectivity index (χ3n) is 5.79. The van der Waals surface area contributed by atoms with Crippen LogP contribution in [0.25, 0.3) is 16.8 Å². The van der Waals surface area contributed by atoms with E-state index in [9.17, 15) is 9.59 Å². The summed E-state index contributed by atoms with van der Waals surface area (Å²) in [5.74, 6) is 0.333. The highest BCUT2D eigenvalue weighted by Crippen LogP contribution is 2.34. The first-order valence-corrected chi connectivity index (χ1v) is 12.7. The summed E-state index contributed by atoms with van der Waals surface area (Å²) in [5.41, 5.74) is 4.83. The number of hydrogen-bond donors (Lipinski definition) is 1. The van der Waals surface area contributed by atoms with E-state index in [2.05, 4.69) is 23.6 Å². The number of benzene rings is 4. The smallest absolute Gasteiger partial charge is 0.285 e. The Morgan fingerprint density at radius 3 is 2.54 bits per heavy atom. The van der Waals surface area contributed by atoms with E-state index in [1.54, 1.807) is 43.5 Å². The van der Waals surface area contributed by atoms with E-state index in [1.165, 1.54) is 0 Å². The lowest BCUT2D eigenvalue weighted by atomic mass is 10.1. The highest BCUT2D eigenvalue weighted by atomic mass is 32.2. The van der Waals surface area contributed by atoms with Crippen LogP contribution in [0.5, 0.6) is 11.5 Å². The molecule has 1 aliphatic rings. The molecule has 0 bridgehead atoms. The van der Waals surface area contributed by atoms with Crippen LogP contribution in [0.2, 0.25) is 0 Å². The number of thioether (sulfide) groups is 1. The number of hydrazine groups is 1. The Hall–Kier alpha value is -4.14. The van der Waals surface area contributed by atoms with Crippen LogP contribution in [-0.4, -0.2) is 28.3 Å². The van der Waals surface area contributed by atoms with Gasteiger partial charge < -0.3 is 9.47 Å². The predicted molar refractivity (Wildman–Crippen MR) is 150 cm³/mol. The summed E-state index contributed by atoms with van der Waals surface area (Å²) >= 11 is 6.45. The minimum absolute atomic E-state index is 0.252. The van der Waals surface area contributed by atoms with Crippen LogP contribution in [0.3, 0.4) is 0 Å². The summed E-state index contributed by atoms with van der Waals surface area (Å²) < 4.78 is 11.9. The average Bonchev–Trinajstić information content (AvgIpc) is 3.19. The Balaban J connectivity index is 1.31. The number of fused-ring (bicyclic) bond motifs is 1. The van der Waals surface area contributed by atoms with Gasteiger partial charge in [0, 0.05) is 5.56 Å². The topological polar surface area (TPSA) is 67.9 Å². The third-order valence-corrected chi connectivity index (χ3v) is 7.09. The fourth-order valence-corrected chi connectivity index (χ4v) is 5.12. The van der Waals surface area contributed by atoms with Gasteiger partial charge in [-0.15, -0.1) is 0 Å². The molecule has 1 heterocycles. The van der Waals surface area contributed by atoms with Gasteiger partial charge in [0.2, 0.25) is 0 Å². The Labute approximate surface area is 223 Å². The molecule has 2 amide bonds. The molecule has 4 aromatic rings. The molecule has 5 rings (SSSR count). The van der Waals surface area contributed by atoms with Gasteiger partial charge in [0.05, 0.1) is 12.0 Å². The van der Waals surface area contributed by atoms with Crippen molar-refractivity contribution in [2.24, 2.45) is 0 Å². The van der Waals surface area contributed by atoms with Crippen molar-refractivity contribution in [3.05, 3.63) is 113 Å². The van der Waals surface area contributed by atoms with Crippen LogP contribution < -0.4 is 14.9 Å². The van der Waals surface area contributed by atoms with Crippen molar-refractivity contribution in [1.82, 2.24) is 10.4 Å². The van der Waals surface area contributed by atoms with Crippen molar-refractivity contribution in [2.45, 2.75) is 6.61 Å². The lowest BCUT2D eigenvalue weighted by Gasteiger charge is -2.15. The van der Waals surface area contributed by atoms with Gasteiger partial charge in [-0.2, -0.15) is 5.01 Å². The molecule has 8 heteroatoms. The average molecular weight is 527 g/mol. The molecule has 184 valence electrons. The monoisotopic (exact) mass is 526 g/mol. The van der Waals surface area contributed by atoms with E-state index in [-0.39, 0.29) is 4.32 Å². The highest BCUT2D eigenvalue weighted by Gasteiger charge is 2.33. The summed E-state index contributed by atoms with van der Waals surface area (Å²) in [6.45, 7) is 0.386. The van der Waals surface area contributed by atoms with Crippen LogP contribution in [0.15, 0.2) is 95.9 Å². The number of nitrogens with one attached hydrogen (secondary N) is 1. The number of amides is 2. The van der Waals surface area contributed by atoms with E-state index >= 15 is 0 Å². The van der Waals surface area contributed by atoms with Gasteiger partial charge in [0.15, 0.2) is 15.8 Å². The first kappa shape index (κ1) is 24.5. The molecule has 37 heavy (non-hydrogen) atoms. The van der Waals surface area contributed by atoms with Crippen molar-refractivity contribution in [3.63, 3.8) is 0 Å². The Kier molecular flexibility index (Phi) is 7.20. The third kappa shape index (κ3) is 5.35. The minimum atomic E-state index is -0.410. The summed E-state index contributed by atoms with van der Waals surface area (Å²) in [6, 6.07) is 28.4. The van der Waals surface area contributed by atoms with Gasteiger partial charge >= 0.3 is 0 Å². The molecular formula is C29H22N2O4S2. The van der Waals surface area contributed by atoms with Crippen molar-refractivity contribution in [3.8, 4) is 11.5 Å². The molecular weight excluding hydrogens is 504 g/mol. The second-order valence-electron chi connectivity index (χ2n) is 8.16. The summed E-state index contributed by atoms with van der Waals surface area (Å²) in [7, 11) is 1.57. The number of methoxy groups -OCH3 is 1. The maximum Gasteiger partial charge on any atom is 0.285 e. The molecule has 0 spiro atoms. The number of carbonyl (C=O) groups is 2. The van der Waals surface area contributed by atoms with Gasteiger partial charge in [-0.3, -0.25) is 15.0 Å². The van der Waals surface area contributed by atoms with Crippen LogP contribution in [0.4, 0.5) is 0 Å². The summed E-state index contributed by atoms with van der Waals surface area (Å²) in [6.07, 6.45) is 1.71. The molecule has 0 aliphatic carbocycles. The fourth-order valence-electron chi connectivity index (χ4n) is 3.94. The van der Waals surface area contributed by atoms with Gasteiger partial charge in [-0.25, -0.2) is 0 Å². The second kappa shape index (κ2) is 10.9. The molecule has 1 aliphatic heterocycles. The van der Waals surface area contributed by atoms with E-state index in [0.29, 0.717) is 28.6 Å². The number of hydrogen-bond acceptors (Lipinski definition) is 6. The van der Waals surface area contributed by atoms with Gasteiger partial charge in [0.25, 0.3) is 11.8 Å². The van der Waals surface area contributed by atoms with Crippen LogP contribution in [0.1, 0.15) is 21.5 Å². The maximum atomic E-state index is 13.0. The van der Waals surface area contributed by atoms with Gasteiger partial charge in [0.1, 0.15) is 6.61 Å². The molecule has 0 unspecified atom stereocenters. The molecule has 1 saturated heterocycles. The standard InChI is InChI=1S/C29H22N2O4S2/c1-34-25-16-19(14-15-24(25)35-18-22-12-7-11-20-8-5-6-13-23(20)22)17-26-28(33)31(29(36)37-26)30-27(32)21-9-3-2-4-10-21/h2-17H,18H2,1H3,(H,30,32)/b26-17+. The summed E-state index contributed by atoms with van der Waals surface area (Å²) in [4.78, 5) is 25.8. The van der Waals surface area contributed by atoms with Crippen molar-refractivity contribution in [2.75, 3.05) is 7.11 Å². The normalized spacial score (nSPS) is 14.3. The second-order valence-corrected chi connectivity index (χ2v) is 9.84. The van der Waals surface area contributed by atoms with E-state index in [0.717, 1.165) is 38.7 Å². The number of rotatable bonds is 7. The number of thiocarbonyl (C=S) groups is 1. The fraction of sp³-hybridized carbons (Fsp3) is 0.0690. The van der Waals surface area contributed by atoms with Crippen LogP contribution >= 0.6 is 24.0 Å². The van der Waals surface area contributed by atoms with E-state index in [1.807, 2.05) is 42.5 Å². The van der Waals surface area contributed by atoms with Crippen molar-refractivity contribution >= 4 is 57.0 Å². The van der Waals surface area contributed by atoms with Gasteiger partial charge in [-0.1, -0.05) is 78.5 Å². The Bertz CT molecular complexity index is 1530. The van der Waals surface area contributed by atoms with E-state index < -0.39 is 11.8 Å². The lowest BCUT2D eigenvalue weighted by Crippen LogP contribution is -2.44.